The molecule has 21 heavy (non-hydrogen) atoms. The summed E-state index contributed by atoms with van der Waals surface area (Å²) in [6.45, 7) is 2.76. The average Bonchev–Trinajstić information content (AvgIpc) is 3.27. The molecule has 1 aromatic carbocycles. The maximum Gasteiger partial charge on any atom is 0.240 e. The average molecular weight is 309 g/mol. The van der Waals surface area contributed by atoms with Crippen LogP contribution < -0.4 is 10.6 Å². The Hall–Kier alpha value is -1.55. The first-order valence-electron chi connectivity index (χ1n) is 7.44. The van der Waals surface area contributed by atoms with Crippen molar-refractivity contribution in [2.75, 3.05) is 11.9 Å². The predicted octanol–water partition coefficient (Wildman–Crippen LogP) is 3.37. The minimum atomic E-state index is -0.869. The second-order valence-corrected chi connectivity index (χ2v) is 5.94. The van der Waals surface area contributed by atoms with Gasteiger partial charge < -0.3 is 10.6 Å². The van der Waals surface area contributed by atoms with Crippen LogP contribution in [0, 0.1) is 5.41 Å². The summed E-state index contributed by atoms with van der Waals surface area (Å²) in [5.74, 6) is -0.372. The van der Waals surface area contributed by atoms with E-state index in [9.17, 15) is 9.59 Å². The van der Waals surface area contributed by atoms with E-state index >= 15 is 0 Å². The van der Waals surface area contributed by atoms with E-state index in [1.807, 2.05) is 0 Å². The smallest absolute Gasteiger partial charge is 0.240 e. The van der Waals surface area contributed by atoms with Crippen LogP contribution in [0.5, 0.6) is 0 Å². The van der Waals surface area contributed by atoms with Crippen molar-refractivity contribution in [3.05, 3.63) is 29.3 Å². The number of carbonyl (C=O) groups is 2. The van der Waals surface area contributed by atoms with E-state index in [4.69, 9.17) is 11.6 Å². The lowest BCUT2D eigenvalue weighted by atomic mass is 10.0. The molecule has 0 aliphatic heterocycles. The van der Waals surface area contributed by atoms with Crippen molar-refractivity contribution < 1.29 is 9.59 Å². The molecule has 4 nitrogen and oxygen atoms in total. The summed E-state index contributed by atoms with van der Waals surface area (Å²) >= 11 is 5.81. The highest BCUT2D eigenvalue weighted by atomic mass is 35.5. The van der Waals surface area contributed by atoms with Crippen LogP contribution in [-0.2, 0) is 9.59 Å². The van der Waals surface area contributed by atoms with Crippen LogP contribution >= 0.6 is 11.6 Å². The number of benzene rings is 1. The molecule has 5 heteroatoms. The summed E-state index contributed by atoms with van der Waals surface area (Å²) in [6.07, 6.45) is 4.39. The largest absolute Gasteiger partial charge is 0.355 e. The van der Waals surface area contributed by atoms with Gasteiger partial charge in [0.1, 0.15) is 5.41 Å². The van der Waals surface area contributed by atoms with Crippen molar-refractivity contribution >= 4 is 29.1 Å². The zero-order valence-electron chi connectivity index (χ0n) is 12.2. The fourth-order valence-corrected chi connectivity index (χ4v) is 2.34. The van der Waals surface area contributed by atoms with Crippen LogP contribution in [-0.4, -0.2) is 18.4 Å². The zero-order chi connectivity index (χ0) is 15.3. The second-order valence-electron chi connectivity index (χ2n) is 5.51. The number of unbranched alkanes of at least 4 members (excludes halogenated alkanes) is 2. The topological polar surface area (TPSA) is 58.2 Å². The lowest BCUT2D eigenvalue weighted by Gasteiger charge is -2.15. The van der Waals surface area contributed by atoms with Crippen LogP contribution in [0.2, 0.25) is 5.02 Å². The van der Waals surface area contributed by atoms with Gasteiger partial charge in [-0.2, -0.15) is 0 Å². The van der Waals surface area contributed by atoms with E-state index < -0.39 is 5.41 Å². The molecule has 114 valence electrons. The molecule has 1 saturated carbocycles. The summed E-state index contributed by atoms with van der Waals surface area (Å²) in [5, 5.41) is 6.28. The summed E-state index contributed by atoms with van der Waals surface area (Å²) in [7, 11) is 0. The first-order valence-corrected chi connectivity index (χ1v) is 7.81. The van der Waals surface area contributed by atoms with Gasteiger partial charge in [0.05, 0.1) is 0 Å². The predicted molar refractivity (Wildman–Crippen MR) is 84.3 cm³/mol. The molecule has 2 amide bonds. The van der Waals surface area contributed by atoms with Crippen LogP contribution in [0.15, 0.2) is 24.3 Å². The number of anilines is 1. The Morgan fingerprint density at radius 1 is 1.14 bits per heavy atom. The third-order valence-electron chi connectivity index (χ3n) is 3.79. The highest BCUT2D eigenvalue weighted by Crippen LogP contribution is 2.46. The lowest BCUT2D eigenvalue weighted by Crippen LogP contribution is -2.40. The molecule has 2 rings (SSSR count). The summed E-state index contributed by atoms with van der Waals surface area (Å²) in [4.78, 5) is 24.5. The fourth-order valence-electron chi connectivity index (χ4n) is 2.21. The molecule has 2 N–H and O–H groups in total. The van der Waals surface area contributed by atoms with Gasteiger partial charge >= 0.3 is 0 Å². The van der Waals surface area contributed by atoms with Gasteiger partial charge in [-0.3, -0.25) is 9.59 Å². The molecule has 0 bridgehead atoms. The van der Waals surface area contributed by atoms with Crippen LogP contribution in [0.3, 0.4) is 0 Å². The maximum atomic E-state index is 12.3. The van der Waals surface area contributed by atoms with E-state index in [1.165, 1.54) is 0 Å². The van der Waals surface area contributed by atoms with E-state index in [2.05, 4.69) is 17.6 Å². The van der Waals surface area contributed by atoms with Crippen molar-refractivity contribution in [1.82, 2.24) is 5.32 Å². The first-order chi connectivity index (χ1) is 10.1. The molecule has 1 aliphatic carbocycles. The summed E-state index contributed by atoms with van der Waals surface area (Å²) in [6, 6.07) is 6.88. The lowest BCUT2D eigenvalue weighted by molar-refractivity contribution is -0.134. The molecule has 0 spiro atoms. The van der Waals surface area contributed by atoms with E-state index in [0.717, 1.165) is 19.3 Å². The number of amides is 2. The van der Waals surface area contributed by atoms with Crippen molar-refractivity contribution in [3.63, 3.8) is 0 Å². The molecule has 0 saturated heterocycles. The first kappa shape index (κ1) is 15.8. The van der Waals surface area contributed by atoms with Gasteiger partial charge in [0.15, 0.2) is 0 Å². The Labute approximate surface area is 130 Å². The van der Waals surface area contributed by atoms with Gasteiger partial charge in [-0.15, -0.1) is 0 Å². The number of nitrogens with one attached hydrogen (secondary N) is 2. The third kappa shape index (κ3) is 3.97. The molecule has 1 aromatic rings. The van der Waals surface area contributed by atoms with Gasteiger partial charge in [0.2, 0.25) is 11.8 Å². The summed E-state index contributed by atoms with van der Waals surface area (Å²) in [5.41, 5.74) is -0.208. The number of hydrogen-bond donors (Lipinski definition) is 2. The van der Waals surface area contributed by atoms with Gasteiger partial charge in [-0.25, -0.2) is 0 Å². The van der Waals surface area contributed by atoms with Gasteiger partial charge in [0, 0.05) is 17.3 Å². The maximum absolute atomic E-state index is 12.3. The molecule has 1 aliphatic rings. The Balaban J connectivity index is 1.88. The number of hydrogen-bond acceptors (Lipinski definition) is 2. The van der Waals surface area contributed by atoms with Crippen molar-refractivity contribution in [2.24, 2.45) is 5.41 Å². The fraction of sp³-hybridized carbons (Fsp3) is 0.500. The molecule has 0 unspecified atom stereocenters. The number of carbonyl (C=O) groups excluding carboxylic acids is 2. The molecular formula is C16H21ClN2O2. The zero-order valence-corrected chi connectivity index (χ0v) is 13.0. The Morgan fingerprint density at radius 2 is 1.81 bits per heavy atom. The van der Waals surface area contributed by atoms with E-state index in [0.29, 0.717) is 30.1 Å². The molecular weight excluding hydrogens is 288 g/mol. The monoisotopic (exact) mass is 308 g/mol. The highest BCUT2D eigenvalue weighted by Gasteiger charge is 2.56. The second kappa shape index (κ2) is 6.94. The van der Waals surface area contributed by atoms with E-state index in [1.54, 1.807) is 24.3 Å². The minimum Gasteiger partial charge on any atom is -0.355 e. The SMILES string of the molecule is CCCCCNC(=O)C1(C(=O)Nc2ccc(Cl)cc2)CC1. The van der Waals surface area contributed by atoms with E-state index in [-0.39, 0.29) is 11.8 Å². The normalized spacial score (nSPS) is 15.3. The number of rotatable bonds is 7. The van der Waals surface area contributed by atoms with Gasteiger partial charge in [-0.05, 0) is 43.5 Å². The Morgan fingerprint density at radius 3 is 2.38 bits per heavy atom. The number of halogens is 1. The molecule has 0 aromatic heterocycles. The summed E-state index contributed by atoms with van der Waals surface area (Å²) < 4.78 is 0. The third-order valence-corrected chi connectivity index (χ3v) is 4.04. The van der Waals surface area contributed by atoms with Crippen molar-refractivity contribution in [2.45, 2.75) is 39.0 Å². The Bertz CT molecular complexity index is 510. The van der Waals surface area contributed by atoms with Gasteiger partial charge in [-0.1, -0.05) is 31.4 Å². The van der Waals surface area contributed by atoms with Gasteiger partial charge in [0.25, 0.3) is 0 Å². The standard InChI is InChI=1S/C16H21ClN2O2/c1-2-3-4-11-18-14(20)16(9-10-16)15(21)19-13-7-5-12(17)6-8-13/h5-8H,2-4,9-11H2,1H3,(H,18,20)(H,19,21). The molecule has 0 radical (unpaired) electrons. The van der Waals surface area contributed by atoms with Crippen LogP contribution in [0.4, 0.5) is 5.69 Å². The minimum absolute atomic E-state index is 0.148. The van der Waals surface area contributed by atoms with Crippen LogP contribution in [0.25, 0.3) is 0 Å². The molecule has 0 heterocycles. The highest BCUT2D eigenvalue weighted by molar-refractivity contribution is 6.30. The molecule has 1 fully saturated rings. The van der Waals surface area contributed by atoms with Crippen molar-refractivity contribution in [3.8, 4) is 0 Å². The molecule has 0 atom stereocenters. The Kier molecular flexibility index (Phi) is 5.23. The van der Waals surface area contributed by atoms with Crippen molar-refractivity contribution in [1.29, 1.82) is 0 Å². The quantitative estimate of drug-likeness (QED) is 0.599. The van der Waals surface area contributed by atoms with Crippen LogP contribution in [0.1, 0.15) is 39.0 Å².